The molecule has 1 heterocycles. The van der Waals surface area contributed by atoms with E-state index >= 15 is 0 Å². The largest absolute Gasteiger partial charge is 0.281 e. The smallest absolute Gasteiger partial charge is 0.233 e. The monoisotopic (exact) mass is 394 g/mol. The highest BCUT2D eigenvalue weighted by molar-refractivity contribution is 8.05. The molecule has 14 heteroatoms. The Balaban J connectivity index is 2.63. The molecular formula is C9H3F5N2O4S3. The highest BCUT2D eigenvalue weighted by Crippen LogP contribution is 2.27. The summed E-state index contributed by atoms with van der Waals surface area (Å²) < 4.78 is 113. The van der Waals surface area contributed by atoms with Crippen molar-refractivity contribution in [3.8, 4) is 0 Å². The number of hydrogen-bond donors (Lipinski definition) is 1. The summed E-state index contributed by atoms with van der Waals surface area (Å²) in [6, 6.07) is 0. The summed E-state index contributed by atoms with van der Waals surface area (Å²) in [4.78, 5) is 0.957. The van der Waals surface area contributed by atoms with E-state index in [-0.39, 0.29) is 0 Å². The molecule has 0 bridgehead atoms. The van der Waals surface area contributed by atoms with E-state index in [4.69, 9.17) is 0 Å². The summed E-state index contributed by atoms with van der Waals surface area (Å²) >= 11 is 0.461. The lowest BCUT2D eigenvalue weighted by molar-refractivity contribution is 0.357. The van der Waals surface area contributed by atoms with Crippen molar-refractivity contribution < 1.29 is 38.8 Å². The van der Waals surface area contributed by atoms with Gasteiger partial charge in [0, 0.05) is 11.6 Å². The maximum absolute atomic E-state index is 13.5. The standard InChI is InChI=1S/C9H3F5N2O4S3/c10-3-4(11)6(13)8(7(14)5(3)12)22(17,18)16-23(19,20)9-15-1-2-21-9/h1-2,16H. The van der Waals surface area contributed by atoms with Gasteiger partial charge in [0.2, 0.25) is 10.2 Å². The number of hydrogen-bond acceptors (Lipinski definition) is 6. The molecule has 0 unspecified atom stereocenters. The lowest BCUT2D eigenvalue weighted by Crippen LogP contribution is -2.32. The van der Waals surface area contributed by atoms with E-state index < -0.39 is 58.4 Å². The molecular weight excluding hydrogens is 391 g/mol. The van der Waals surface area contributed by atoms with Gasteiger partial charge in [-0.25, -0.2) is 43.8 Å². The number of benzene rings is 1. The molecule has 0 aliphatic rings. The Hall–Kier alpha value is -1.64. The molecule has 2 aromatic rings. The fraction of sp³-hybridized carbons (Fsp3) is 0. The third-order valence-corrected chi connectivity index (χ3v) is 7.03. The predicted molar refractivity (Wildman–Crippen MR) is 65.9 cm³/mol. The van der Waals surface area contributed by atoms with E-state index in [1.54, 1.807) is 0 Å². The maximum Gasteiger partial charge on any atom is 0.281 e. The van der Waals surface area contributed by atoms with Gasteiger partial charge in [-0.15, -0.1) is 11.3 Å². The van der Waals surface area contributed by atoms with Crippen molar-refractivity contribution in [1.29, 1.82) is 0 Å². The molecule has 2 rings (SSSR count). The number of nitrogens with zero attached hydrogens (tertiary/aromatic N) is 1. The number of halogens is 5. The molecule has 0 saturated heterocycles. The Kier molecular flexibility index (Phi) is 4.44. The predicted octanol–water partition coefficient (Wildman–Crippen LogP) is 1.51. The average molecular weight is 394 g/mol. The van der Waals surface area contributed by atoms with Crippen LogP contribution in [0.5, 0.6) is 0 Å². The molecule has 1 aromatic heterocycles. The van der Waals surface area contributed by atoms with E-state index in [1.165, 1.54) is 0 Å². The maximum atomic E-state index is 13.5. The van der Waals surface area contributed by atoms with Gasteiger partial charge in [-0.05, 0) is 0 Å². The van der Waals surface area contributed by atoms with Crippen LogP contribution in [0.1, 0.15) is 0 Å². The van der Waals surface area contributed by atoms with E-state index in [2.05, 4.69) is 4.98 Å². The molecule has 0 radical (unpaired) electrons. The van der Waals surface area contributed by atoms with Crippen molar-refractivity contribution in [1.82, 2.24) is 9.11 Å². The molecule has 1 aromatic carbocycles. The minimum atomic E-state index is -5.64. The van der Waals surface area contributed by atoms with Gasteiger partial charge in [0.05, 0.1) is 0 Å². The minimum absolute atomic E-state index is 0.461. The highest BCUT2D eigenvalue weighted by atomic mass is 32.3. The number of sulfonamides is 2. The van der Waals surface area contributed by atoms with Crippen LogP contribution < -0.4 is 4.13 Å². The normalized spacial score (nSPS) is 12.6. The quantitative estimate of drug-likeness (QED) is 0.482. The molecule has 0 atom stereocenters. The zero-order chi connectivity index (χ0) is 17.6. The summed E-state index contributed by atoms with van der Waals surface area (Å²) in [6.45, 7) is 0. The number of nitrogens with one attached hydrogen (secondary N) is 1. The Labute approximate surface area is 129 Å². The van der Waals surface area contributed by atoms with Crippen LogP contribution >= 0.6 is 11.3 Å². The van der Waals surface area contributed by atoms with Gasteiger partial charge in [0.1, 0.15) is 0 Å². The van der Waals surface area contributed by atoms with Crippen LogP contribution in [-0.2, 0) is 20.0 Å². The summed E-state index contributed by atoms with van der Waals surface area (Å²) in [6.07, 6.45) is 0.990. The zero-order valence-electron chi connectivity index (χ0n) is 10.3. The summed E-state index contributed by atoms with van der Waals surface area (Å²) in [5, 5.41) is 1.15. The molecule has 1 N–H and O–H groups in total. The first-order chi connectivity index (χ1) is 10.5. The SMILES string of the molecule is O=S(=O)(NS(=O)(=O)c1c(F)c(F)c(F)c(F)c1F)c1nccs1. The first-order valence-electron chi connectivity index (χ1n) is 5.18. The minimum Gasteiger partial charge on any atom is -0.233 e. The van der Waals surface area contributed by atoms with Crippen molar-refractivity contribution in [2.75, 3.05) is 0 Å². The molecule has 0 fully saturated rings. The molecule has 0 spiro atoms. The molecule has 0 amide bonds. The van der Waals surface area contributed by atoms with Crippen LogP contribution in [0.3, 0.4) is 0 Å². The molecule has 6 nitrogen and oxygen atoms in total. The van der Waals surface area contributed by atoms with Gasteiger partial charge in [-0.3, -0.25) is 0 Å². The summed E-state index contributed by atoms with van der Waals surface area (Å²) in [5.41, 5.74) is 0. The Morgan fingerprint density at radius 2 is 1.30 bits per heavy atom. The van der Waals surface area contributed by atoms with Gasteiger partial charge < -0.3 is 0 Å². The first-order valence-corrected chi connectivity index (χ1v) is 9.03. The van der Waals surface area contributed by atoms with Gasteiger partial charge in [0.25, 0.3) is 20.0 Å². The van der Waals surface area contributed by atoms with E-state index in [0.29, 0.717) is 11.3 Å². The Bertz CT molecular complexity index is 944. The second kappa shape index (κ2) is 5.77. The molecule has 0 saturated carbocycles. The lowest BCUT2D eigenvalue weighted by Gasteiger charge is -2.09. The summed E-state index contributed by atoms with van der Waals surface area (Å²) in [5.74, 6) is -13.0. The third kappa shape index (κ3) is 3.06. The van der Waals surface area contributed by atoms with Crippen molar-refractivity contribution >= 4 is 31.4 Å². The highest BCUT2D eigenvalue weighted by Gasteiger charge is 2.36. The van der Waals surface area contributed by atoms with E-state index in [1.807, 2.05) is 0 Å². The van der Waals surface area contributed by atoms with Crippen LogP contribution in [0.2, 0.25) is 0 Å². The number of thiazole rings is 1. The number of rotatable bonds is 4. The average Bonchev–Trinajstić information content (AvgIpc) is 2.96. The topological polar surface area (TPSA) is 93.2 Å². The summed E-state index contributed by atoms with van der Waals surface area (Å²) in [7, 11) is -10.5. The van der Waals surface area contributed by atoms with Gasteiger partial charge in [0.15, 0.2) is 28.2 Å². The van der Waals surface area contributed by atoms with Crippen molar-refractivity contribution in [3.63, 3.8) is 0 Å². The molecule has 0 aliphatic carbocycles. The fourth-order valence-electron chi connectivity index (χ4n) is 1.39. The molecule has 23 heavy (non-hydrogen) atoms. The van der Waals surface area contributed by atoms with Crippen LogP contribution in [0, 0.1) is 29.1 Å². The van der Waals surface area contributed by atoms with Crippen LogP contribution in [0.4, 0.5) is 22.0 Å². The van der Waals surface area contributed by atoms with Crippen molar-refractivity contribution in [2.24, 2.45) is 0 Å². The molecule has 0 aliphatic heterocycles. The van der Waals surface area contributed by atoms with Crippen molar-refractivity contribution in [3.05, 3.63) is 40.7 Å². The van der Waals surface area contributed by atoms with Crippen LogP contribution in [0.15, 0.2) is 20.8 Å². The number of aromatic nitrogens is 1. The third-order valence-electron chi connectivity index (χ3n) is 2.30. The second-order valence-corrected chi connectivity index (χ2v) is 8.42. The van der Waals surface area contributed by atoms with Gasteiger partial charge in [-0.2, -0.15) is 0 Å². The zero-order valence-corrected chi connectivity index (χ0v) is 12.8. The van der Waals surface area contributed by atoms with Gasteiger partial charge in [-0.1, -0.05) is 4.13 Å². The van der Waals surface area contributed by atoms with Gasteiger partial charge >= 0.3 is 0 Å². The fourth-order valence-corrected chi connectivity index (χ4v) is 5.35. The Morgan fingerprint density at radius 1 is 0.826 bits per heavy atom. The lowest BCUT2D eigenvalue weighted by atomic mass is 10.3. The molecule has 126 valence electrons. The van der Waals surface area contributed by atoms with Crippen LogP contribution in [-0.4, -0.2) is 21.8 Å². The first kappa shape index (κ1) is 17.7. The van der Waals surface area contributed by atoms with Crippen LogP contribution in [0.25, 0.3) is 0 Å². The van der Waals surface area contributed by atoms with E-state index in [9.17, 15) is 38.8 Å². The second-order valence-electron chi connectivity index (χ2n) is 3.79. The van der Waals surface area contributed by atoms with E-state index in [0.717, 1.165) is 15.7 Å². The van der Waals surface area contributed by atoms with Crippen molar-refractivity contribution in [2.45, 2.75) is 9.24 Å². The Morgan fingerprint density at radius 3 is 1.74 bits per heavy atom.